The van der Waals surface area contributed by atoms with E-state index >= 15 is 0 Å². The van der Waals surface area contributed by atoms with Crippen LogP contribution in [0.1, 0.15) is 12.5 Å². The van der Waals surface area contributed by atoms with Gasteiger partial charge in [0.1, 0.15) is 0 Å². The average Bonchev–Trinajstić information content (AvgIpc) is 2.43. The van der Waals surface area contributed by atoms with Crippen molar-refractivity contribution in [2.45, 2.75) is 18.2 Å². The van der Waals surface area contributed by atoms with Crippen molar-refractivity contribution in [2.75, 3.05) is 10.5 Å². The van der Waals surface area contributed by atoms with Crippen molar-refractivity contribution >= 4 is 53.3 Å². The molecule has 0 aliphatic rings. The highest BCUT2D eigenvalue weighted by Gasteiger charge is 2.20. The van der Waals surface area contributed by atoms with Crippen molar-refractivity contribution in [3.8, 4) is 0 Å². The molecule has 0 unspecified atom stereocenters. The Morgan fingerprint density at radius 3 is 2.33 bits per heavy atom. The van der Waals surface area contributed by atoms with Gasteiger partial charge in [0.25, 0.3) is 10.0 Å². The Hall–Kier alpha value is -1.05. The van der Waals surface area contributed by atoms with Gasteiger partial charge in [-0.25, -0.2) is 8.42 Å². The lowest BCUT2D eigenvalue weighted by Gasteiger charge is -2.14. The van der Waals surface area contributed by atoms with Crippen molar-refractivity contribution in [3.05, 3.63) is 50.9 Å². The quantitative estimate of drug-likeness (QED) is 0.711. The minimum absolute atomic E-state index is 0.202. The molecule has 7 heteroatoms. The van der Waals surface area contributed by atoms with Crippen molar-refractivity contribution in [2.24, 2.45) is 0 Å². The molecule has 2 aromatic carbocycles. The van der Waals surface area contributed by atoms with Crippen LogP contribution in [-0.2, 0) is 16.4 Å². The molecule has 0 radical (unpaired) electrons. The van der Waals surface area contributed by atoms with Crippen LogP contribution in [0.2, 0.25) is 0 Å². The van der Waals surface area contributed by atoms with Gasteiger partial charge in [0.15, 0.2) is 0 Å². The number of benzene rings is 2. The number of rotatable bonds is 4. The van der Waals surface area contributed by atoms with Crippen LogP contribution in [0, 0.1) is 0 Å². The Kier molecular flexibility index (Phi) is 4.95. The Bertz CT molecular complexity index is 756. The second-order valence-corrected chi connectivity index (χ2v) is 7.78. The molecule has 0 heterocycles. The minimum Gasteiger partial charge on any atom is -0.399 e. The van der Waals surface area contributed by atoms with Crippen LogP contribution in [0.3, 0.4) is 0 Å². The number of aryl methyl sites for hydroxylation is 1. The van der Waals surface area contributed by atoms with E-state index in [1.165, 1.54) is 6.07 Å². The number of nitrogens with two attached hydrogens (primary N) is 1. The van der Waals surface area contributed by atoms with Crippen LogP contribution >= 0.6 is 31.9 Å². The van der Waals surface area contributed by atoms with Crippen molar-refractivity contribution in [1.29, 1.82) is 0 Å². The fourth-order valence-corrected chi connectivity index (χ4v) is 4.80. The molecule has 0 spiro atoms. The van der Waals surface area contributed by atoms with Crippen molar-refractivity contribution < 1.29 is 8.42 Å². The Balaban J connectivity index is 2.51. The van der Waals surface area contributed by atoms with E-state index in [1.54, 1.807) is 24.3 Å². The maximum Gasteiger partial charge on any atom is 0.262 e. The summed E-state index contributed by atoms with van der Waals surface area (Å²) in [5.41, 5.74) is 7.32. The number of nitrogens with one attached hydrogen (secondary N) is 1. The fraction of sp³-hybridized carbons (Fsp3) is 0.143. The van der Waals surface area contributed by atoms with E-state index in [4.69, 9.17) is 5.73 Å². The van der Waals surface area contributed by atoms with Gasteiger partial charge in [0.05, 0.1) is 10.6 Å². The highest BCUT2D eigenvalue weighted by Crippen LogP contribution is 2.33. The van der Waals surface area contributed by atoms with Crippen LogP contribution in [0.15, 0.2) is 50.2 Å². The SMILES string of the molecule is CCc1ccc(N)cc1S(=O)(=O)Nc1c(Br)cccc1Br. The summed E-state index contributed by atoms with van der Waals surface area (Å²) in [7, 11) is -3.71. The normalized spacial score (nSPS) is 11.4. The average molecular weight is 434 g/mol. The lowest BCUT2D eigenvalue weighted by atomic mass is 10.1. The first-order valence-corrected chi connectivity index (χ1v) is 9.27. The van der Waals surface area contributed by atoms with E-state index in [2.05, 4.69) is 36.6 Å². The van der Waals surface area contributed by atoms with Crippen LogP contribution in [-0.4, -0.2) is 8.42 Å². The third kappa shape index (κ3) is 3.59. The topological polar surface area (TPSA) is 72.2 Å². The molecule has 0 aliphatic heterocycles. The standard InChI is InChI=1S/C14H14Br2N2O2S/c1-2-9-6-7-10(17)8-13(9)21(19,20)18-14-11(15)4-3-5-12(14)16/h3-8,18H,2,17H2,1H3. The molecule has 2 rings (SSSR count). The first-order chi connectivity index (χ1) is 9.85. The molecule has 0 amide bonds. The molecule has 0 aromatic heterocycles. The summed E-state index contributed by atoms with van der Waals surface area (Å²) in [6, 6.07) is 10.3. The summed E-state index contributed by atoms with van der Waals surface area (Å²) < 4.78 is 29.2. The van der Waals surface area contributed by atoms with Gasteiger partial charge in [-0.2, -0.15) is 0 Å². The van der Waals surface area contributed by atoms with E-state index in [-0.39, 0.29) is 4.90 Å². The predicted octanol–water partition coefficient (Wildman–Crippen LogP) is 4.16. The van der Waals surface area contributed by atoms with Gasteiger partial charge in [-0.15, -0.1) is 0 Å². The molecule has 0 aliphatic carbocycles. The summed E-state index contributed by atoms with van der Waals surface area (Å²) in [5.74, 6) is 0. The Morgan fingerprint density at radius 1 is 1.14 bits per heavy atom. The number of hydrogen-bond donors (Lipinski definition) is 2. The van der Waals surface area contributed by atoms with Gasteiger partial charge in [-0.1, -0.05) is 19.1 Å². The molecule has 112 valence electrons. The first-order valence-electron chi connectivity index (χ1n) is 6.20. The number of nitrogen functional groups attached to an aromatic ring is 1. The number of anilines is 2. The van der Waals surface area contributed by atoms with Gasteiger partial charge in [-0.05, 0) is 68.1 Å². The van der Waals surface area contributed by atoms with E-state index in [1.807, 2.05) is 13.0 Å². The van der Waals surface area contributed by atoms with Crippen LogP contribution in [0.25, 0.3) is 0 Å². The molecule has 2 aromatic rings. The van der Waals surface area contributed by atoms with Crippen LogP contribution < -0.4 is 10.5 Å². The zero-order valence-electron chi connectivity index (χ0n) is 11.2. The summed E-state index contributed by atoms with van der Waals surface area (Å²) in [6.07, 6.45) is 0.605. The summed E-state index contributed by atoms with van der Waals surface area (Å²) >= 11 is 6.68. The number of halogens is 2. The third-order valence-electron chi connectivity index (χ3n) is 2.96. The molecule has 0 fully saturated rings. The Morgan fingerprint density at radius 2 is 1.76 bits per heavy atom. The van der Waals surface area contributed by atoms with Gasteiger partial charge in [0, 0.05) is 14.6 Å². The minimum atomic E-state index is -3.71. The first kappa shape index (κ1) is 16.3. The predicted molar refractivity (Wildman–Crippen MR) is 92.9 cm³/mol. The monoisotopic (exact) mass is 432 g/mol. The molecular formula is C14H14Br2N2O2S. The zero-order valence-corrected chi connectivity index (χ0v) is 15.2. The van der Waals surface area contributed by atoms with Gasteiger partial charge in [-0.3, -0.25) is 4.72 Å². The fourth-order valence-electron chi connectivity index (χ4n) is 1.90. The van der Waals surface area contributed by atoms with Gasteiger partial charge in [0.2, 0.25) is 0 Å². The zero-order chi connectivity index (χ0) is 15.6. The van der Waals surface area contributed by atoms with E-state index < -0.39 is 10.0 Å². The molecule has 0 bridgehead atoms. The van der Waals surface area contributed by atoms with Gasteiger partial charge < -0.3 is 5.73 Å². The largest absolute Gasteiger partial charge is 0.399 e. The highest BCUT2D eigenvalue weighted by atomic mass is 79.9. The number of hydrogen-bond acceptors (Lipinski definition) is 3. The summed E-state index contributed by atoms with van der Waals surface area (Å²) in [6.45, 7) is 1.90. The Labute approximate surface area is 141 Å². The molecule has 21 heavy (non-hydrogen) atoms. The molecule has 0 atom stereocenters. The number of sulfonamides is 1. The lowest BCUT2D eigenvalue weighted by Crippen LogP contribution is -2.16. The summed E-state index contributed by atoms with van der Waals surface area (Å²) in [4.78, 5) is 0.202. The number of para-hydroxylation sites is 1. The maximum absolute atomic E-state index is 12.6. The summed E-state index contributed by atoms with van der Waals surface area (Å²) in [5, 5.41) is 0. The van der Waals surface area contributed by atoms with E-state index in [0.29, 0.717) is 26.7 Å². The van der Waals surface area contributed by atoms with E-state index in [9.17, 15) is 8.42 Å². The second-order valence-electron chi connectivity index (χ2n) is 4.42. The third-order valence-corrected chi connectivity index (χ3v) is 5.71. The maximum atomic E-state index is 12.6. The molecule has 0 saturated heterocycles. The second kappa shape index (κ2) is 6.37. The van der Waals surface area contributed by atoms with Crippen LogP contribution in [0.5, 0.6) is 0 Å². The molecule has 3 N–H and O–H groups in total. The van der Waals surface area contributed by atoms with E-state index in [0.717, 1.165) is 5.56 Å². The molecule has 0 saturated carbocycles. The molecule has 4 nitrogen and oxygen atoms in total. The van der Waals surface area contributed by atoms with Crippen LogP contribution in [0.4, 0.5) is 11.4 Å². The molecular weight excluding hydrogens is 420 g/mol. The lowest BCUT2D eigenvalue weighted by molar-refractivity contribution is 0.600. The van der Waals surface area contributed by atoms with Gasteiger partial charge >= 0.3 is 0 Å². The van der Waals surface area contributed by atoms with Crippen molar-refractivity contribution in [1.82, 2.24) is 0 Å². The smallest absolute Gasteiger partial charge is 0.262 e. The van der Waals surface area contributed by atoms with Crippen molar-refractivity contribution in [3.63, 3.8) is 0 Å². The highest BCUT2D eigenvalue weighted by molar-refractivity contribution is 9.11.